The summed E-state index contributed by atoms with van der Waals surface area (Å²) in [4.78, 5) is 16.7. The number of nitrogens with zero attached hydrogens (tertiary/aromatic N) is 1. The quantitative estimate of drug-likeness (QED) is 0.319. The maximum Gasteiger partial charge on any atom is 0.360 e. The molecule has 0 bridgehead atoms. The van der Waals surface area contributed by atoms with Crippen molar-refractivity contribution in [2.45, 2.75) is 20.5 Å². The fourth-order valence-corrected chi connectivity index (χ4v) is 3.43. The van der Waals surface area contributed by atoms with Gasteiger partial charge in [-0.05, 0) is 28.8 Å². The van der Waals surface area contributed by atoms with Crippen LogP contribution in [0.25, 0.3) is 21.9 Å². The summed E-state index contributed by atoms with van der Waals surface area (Å²) in [6.07, 6.45) is 1.67. The maximum absolute atomic E-state index is 12.3. The molecule has 0 atom stereocenters. The van der Waals surface area contributed by atoms with E-state index in [1.54, 1.807) is 6.20 Å². The van der Waals surface area contributed by atoms with E-state index in [0.717, 1.165) is 27.5 Å². The Morgan fingerprint density at radius 1 is 0.935 bits per heavy atom. The zero-order valence-corrected chi connectivity index (χ0v) is 18.5. The fraction of sp³-hybridized carbons (Fsp3) is 0.154. The lowest BCUT2D eigenvalue weighted by molar-refractivity contribution is 0.0589. The van der Waals surface area contributed by atoms with Gasteiger partial charge in [-0.2, -0.15) is 0 Å². The van der Waals surface area contributed by atoms with Crippen LogP contribution in [0.4, 0.5) is 0 Å². The first-order valence-corrected chi connectivity index (χ1v) is 10.5. The molecule has 0 N–H and O–H groups in total. The van der Waals surface area contributed by atoms with E-state index in [1.165, 1.54) is 7.11 Å². The predicted octanol–water partition coefficient (Wildman–Crippen LogP) is 6.95. The van der Waals surface area contributed by atoms with Crippen molar-refractivity contribution in [2.75, 3.05) is 7.11 Å². The van der Waals surface area contributed by atoms with Crippen LogP contribution in [0.5, 0.6) is 5.75 Å². The highest BCUT2D eigenvalue weighted by Crippen LogP contribution is 2.36. The second-order valence-electron chi connectivity index (χ2n) is 6.48. The van der Waals surface area contributed by atoms with Crippen molar-refractivity contribution in [3.63, 3.8) is 0 Å². The molecule has 5 heteroatoms. The van der Waals surface area contributed by atoms with Crippen LogP contribution in [0.15, 0.2) is 79.0 Å². The molecular formula is C26H24ClNO3. The molecule has 1 aromatic heterocycles. The molecule has 0 radical (unpaired) electrons. The predicted molar refractivity (Wildman–Crippen MR) is 126 cm³/mol. The van der Waals surface area contributed by atoms with Gasteiger partial charge in [-0.3, -0.25) is 0 Å². The average molecular weight is 434 g/mol. The van der Waals surface area contributed by atoms with Gasteiger partial charge in [0.15, 0.2) is 11.4 Å². The molecule has 158 valence electrons. The van der Waals surface area contributed by atoms with E-state index in [9.17, 15) is 4.79 Å². The Hall–Kier alpha value is -3.37. The summed E-state index contributed by atoms with van der Waals surface area (Å²) in [5, 5.41) is 2.30. The highest BCUT2D eigenvalue weighted by molar-refractivity contribution is 6.30. The SMILES string of the molecule is CC.COC(=O)c1ncc2c(-c3cccc(Cl)c3)cccc2c1OCc1ccccc1. The van der Waals surface area contributed by atoms with Crippen LogP contribution in [0.1, 0.15) is 29.9 Å². The summed E-state index contributed by atoms with van der Waals surface area (Å²) in [6.45, 7) is 4.31. The van der Waals surface area contributed by atoms with Crippen molar-refractivity contribution in [3.05, 3.63) is 95.3 Å². The number of hydrogen-bond donors (Lipinski definition) is 0. The third kappa shape index (κ3) is 5.04. The molecule has 0 spiro atoms. The largest absolute Gasteiger partial charge is 0.486 e. The number of halogens is 1. The molecule has 0 saturated heterocycles. The summed E-state index contributed by atoms with van der Waals surface area (Å²) in [6, 6.07) is 23.2. The van der Waals surface area contributed by atoms with Gasteiger partial charge in [0.05, 0.1) is 7.11 Å². The van der Waals surface area contributed by atoms with E-state index in [2.05, 4.69) is 4.98 Å². The number of benzene rings is 3. The average Bonchev–Trinajstić information content (AvgIpc) is 2.83. The minimum Gasteiger partial charge on any atom is -0.486 e. The summed E-state index contributed by atoms with van der Waals surface area (Å²) in [5.41, 5.74) is 3.06. The molecule has 1 heterocycles. The fourth-order valence-electron chi connectivity index (χ4n) is 3.24. The molecule has 0 amide bonds. The first-order valence-electron chi connectivity index (χ1n) is 10.1. The number of hydrogen-bond acceptors (Lipinski definition) is 4. The Kier molecular flexibility index (Phi) is 7.63. The standard InChI is InChI=1S/C24H18ClNO3.C2H6/c1-28-24(27)22-23(29-15-16-7-3-2-4-8-16)20-12-6-11-19(21(20)14-26-22)17-9-5-10-18(25)13-17;1-2/h2-14H,15H2,1H3;1-2H3. The first kappa shape index (κ1) is 22.3. The summed E-state index contributed by atoms with van der Waals surface area (Å²) >= 11 is 6.18. The molecule has 0 saturated carbocycles. The summed E-state index contributed by atoms with van der Waals surface area (Å²) in [5.74, 6) is -0.134. The van der Waals surface area contributed by atoms with E-state index >= 15 is 0 Å². The minimum atomic E-state index is -0.539. The number of pyridine rings is 1. The Balaban J connectivity index is 0.00000132. The molecule has 0 aliphatic rings. The van der Waals surface area contributed by atoms with Gasteiger partial charge in [-0.25, -0.2) is 9.78 Å². The first-order chi connectivity index (χ1) is 15.2. The van der Waals surface area contributed by atoms with Crippen LogP contribution >= 0.6 is 11.6 Å². The van der Waals surface area contributed by atoms with Crippen molar-refractivity contribution >= 4 is 28.3 Å². The molecule has 4 rings (SSSR count). The number of carbonyl (C=O) groups excluding carboxylic acids is 1. The third-order valence-corrected chi connectivity index (χ3v) is 4.86. The third-order valence-electron chi connectivity index (χ3n) is 4.63. The lowest BCUT2D eigenvalue weighted by atomic mass is 9.98. The smallest absolute Gasteiger partial charge is 0.360 e. The van der Waals surface area contributed by atoms with Crippen molar-refractivity contribution in [1.29, 1.82) is 0 Å². The van der Waals surface area contributed by atoms with E-state index in [4.69, 9.17) is 21.1 Å². The molecule has 3 aromatic carbocycles. The van der Waals surface area contributed by atoms with Gasteiger partial charge >= 0.3 is 5.97 Å². The van der Waals surface area contributed by atoms with Crippen molar-refractivity contribution < 1.29 is 14.3 Å². The molecule has 0 fully saturated rings. The normalized spacial score (nSPS) is 10.2. The number of ether oxygens (including phenoxy) is 2. The molecule has 0 aliphatic carbocycles. The molecule has 4 nitrogen and oxygen atoms in total. The lowest BCUT2D eigenvalue weighted by Crippen LogP contribution is -2.09. The minimum absolute atomic E-state index is 0.152. The van der Waals surface area contributed by atoms with Crippen LogP contribution in [-0.4, -0.2) is 18.1 Å². The Bertz CT molecular complexity index is 1180. The number of aromatic nitrogens is 1. The van der Waals surface area contributed by atoms with Crippen LogP contribution in [-0.2, 0) is 11.3 Å². The number of esters is 1. The van der Waals surface area contributed by atoms with Crippen molar-refractivity contribution in [2.24, 2.45) is 0 Å². The maximum atomic E-state index is 12.3. The Labute approximate surface area is 187 Å². The van der Waals surface area contributed by atoms with Gasteiger partial charge in [0.25, 0.3) is 0 Å². The van der Waals surface area contributed by atoms with Crippen LogP contribution in [0.2, 0.25) is 5.02 Å². The number of rotatable bonds is 5. The molecular weight excluding hydrogens is 410 g/mol. The van der Waals surface area contributed by atoms with E-state index < -0.39 is 5.97 Å². The van der Waals surface area contributed by atoms with E-state index in [0.29, 0.717) is 17.4 Å². The van der Waals surface area contributed by atoms with Gasteiger partial charge in [0.1, 0.15) is 6.61 Å². The zero-order chi connectivity index (χ0) is 22.2. The zero-order valence-electron chi connectivity index (χ0n) is 17.8. The molecule has 0 unspecified atom stereocenters. The number of fused-ring (bicyclic) bond motifs is 1. The van der Waals surface area contributed by atoms with Crippen molar-refractivity contribution in [3.8, 4) is 16.9 Å². The molecule has 4 aromatic rings. The highest BCUT2D eigenvalue weighted by atomic mass is 35.5. The van der Waals surface area contributed by atoms with Crippen LogP contribution in [0.3, 0.4) is 0 Å². The van der Waals surface area contributed by atoms with Gasteiger partial charge in [-0.1, -0.05) is 86.1 Å². The second kappa shape index (κ2) is 10.6. The van der Waals surface area contributed by atoms with Crippen LogP contribution < -0.4 is 4.74 Å². The number of carbonyl (C=O) groups is 1. The topological polar surface area (TPSA) is 48.4 Å². The van der Waals surface area contributed by atoms with E-state index in [1.807, 2.05) is 86.6 Å². The van der Waals surface area contributed by atoms with Crippen molar-refractivity contribution in [1.82, 2.24) is 4.98 Å². The van der Waals surface area contributed by atoms with E-state index in [-0.39, 0.29) is 5.69 Å². The Morgan fingerprint density at radius 2 is 1.68 bits per heavy atom. The summed E-state index contributed by atoms with van der Waals surface area (Å²) in [7, 11) is 1.33. The monoisotopic (exact) mass is 433 g/mol. The Morgan fingerprint density at radius 3 is 2.39 bits per heavy atom. The van der Waals surface area contributed by atoms with Gasteiger partial charge < -0.3 is 9.47 Å². The van der Waals surface area contributed by atoms with Crippen LogP contribution in [0, 0.1) is 0 Å². The molecule has 31 heavy (non-hydrogen) atoms. The van der Waals surface area contributed by atoms with Gasteiger partial charge in [0.2, 0.25) is 0 Å². The highest BCUT2D eigenvalue weighted by Gasteiger charge is 2.20. The summed E-state index contributed by atoms with van der Waals surface area (Å²) < 4.78 is 11.0. The molecule has 0 aliphatic heterocycles. The second-order valence-corrected chi connectivity index (χ2v) is 6.92. The van der Waals surface area contributed by atoms with Gasteiger partial charge in [0, 0.05) is 22.0 Å². The lowest BCUT2D eigenvalue weighted by Gasteiger charge is -2.15. The number of methoxy groups -OCH3 is 1. The van der Waals surface area contributed by atoms with Gasteiger partial charge in [-0.15, -0.1) is 0 Å².